The van der Waals surface area contributed by atoms with Crippen molar-refractivity contribution in [2.75, 3.05) is 5.32 Å². The van der Waals surface area contributed by atoms with Gasteiger partial charge in [-0.1, -0.05) is 6.92 Å². The number of nitrogens with one attached hydrogen (secondary N) is 1. The highest BCUT2D eigenvalue weighted by molar-refractivity contribution is 5.95. The molecule has 0 heterocycles. The van der Waals surface area contributed by atoms with E-state index >= 15 is 0 Å². The molecule has 0 aliphatic carbocycles. The van der Waals surface area contributed by atoms with Gasteiger partial charge in [0.25, 0.3) is 0 Å². The average Bonchev–Trinajstić information content (AvgIpc) is 2.20. The molecule has 0 bridgehead atoms. The van der Waals surface area contributed by atoms with Crippen LogP contribution < -0.4 is 11.1 Å². The zero-order valence-corrected chi connectivity index (χ0v) is 8.88. The van der Waals surface area contributed by atoms with E-state index in [9.17, 15) is 9.18 Å². The summed E-state index contributed by atoms with van der Waals surface area (Å²) in [6.45, 7) is 3.57. The Morgan fingerprint density at radius 1 is 1.60 bits per heavy atom. The Bertz CT molecular complexity index is 366. The molecule has 0 radical (unpaired) electrons. The number of rotatable bonds is 3. The first-order valence-corrected chi connectivity index (χ1v) is 4.87. The molecule has 3 nitrogen and oxygen atoms in total. The molecular formula is C11H15FN2O. The summed E-state index contributed by atoms with van der Waals surface area (Å²) < 4.78 is 12.8. The molecule has 1 aromatic rings. The molecule has 0 unspecified atom stereocenters. The maximum absolute atomic E-state index is 12.8. The quantitative estimate of drug-likeness (QED) is 0.799. The third kappa shape index (κ3) is 3.02. The Labute approximate surface area is 88.5 Å². The zero-order chi connectivity index (χ0) is 11.4. The summed E-state index contributed by atoms with van der Waals surface area (Å²) >= 11 is 0. The lowest BCUT2D eigenvalue weighted by Crippen LogP contribution is -2.35. The first-order valence-electron chi connectivity index (χ1n) is 4.87. The summed E-state index contributed by atoms with van der Waals surface area (Å²) in [4.78, 5) is 11.5. The zero-order valence-electron chi connectivity index (χ0n) is 8.88. The van der Waals surface area contributed by atoms with Crippen LogP contribution in [0.5, 0.6) is 0 Å². The van der Waals surface area contributed by atoms with Crippen LogP contribution in [0.25, 0.3) is 0 Å². The fourth-order valence-electron chi connectivity index (χ4n) is 1.18. The molecule has 1 aromatic carbocycles. The van der Waals surface area contributed by atoms with Crippen molar-refractivity contribution in [1.29, 1.82) is 0 Å². The number of amides is 1. The second-order valence-electron chi connectivity index (χ2n) is 3.46. The van der Waals surface area contributed by atoms with Crippen molar-refractivity contribution >= 4 is 11.6 Å². The van der Waals surface area contributed by atoms with Crippen LogP contribution >= 0.6 is 0 Å². The molecule has 0 spiro atoms. The molecule has 4 heteroatoms. The monoisotopic (exact) mass is 210 g/mol. The number of halogens is 1. The Morgan fingerprint density at radius 3 is 2.80 bits per heavy atom. The number of hydrogen-bond acceptors (Lipinski definition) is 2. The molecule has 0 aliphatic rings. The van der Waals surface area contributed by atoms with Gasteiger partial charge in [0.15, 0.2) is 0 Å². The number of anilines is 1. The van der Waals surface area contributed by atoms with Crippen LogP contribution in [0.3, 0.4) is 0 Å². The number of nitrogens with two attached hydrogens (primary N) is 1. The average molecular weight is 210 g/mol. The van der Waals surface area contributed by atoms with Gasteiger partial charge in [-0.3, -0.25) is 4.79 Å². The summed E-state index contributed by atoms with van der Waals surface area (Å²) in [5, 5.41) is 2.66. The van der Waals surface area contributed by atoms with E-state index in [-0.39, 0.29) is 11.7 Å². The van der Waals surface area contributed by atoms with E-state index in [0.29, 0.717) is 17.7 Å². The van der Waals surface area contributed by atoms with Gasteiger partial charge in [0.1, 0.15) is 5.82 Å². The number of carbonyl (C=O) groups is 1. The van der Waals surface area contributed by atoms with Gasteiger partial charge in [-0.15, -0.1) is 0 Å². The summed E-state index contributed by atoms with van der Waals surface area (Å²) in [5.74, 6) is -0.558. The number of benzene rings is 1. The van der Waals surface area contributed by atoms with Crippen molar-refractivity contribution in [1.82, 2.24) is 0 Å². The molecular weight excluding hydrogens is 195 g/mol. The van der Waals surface area contributed by atoms with Crippen LogP contribution in [-0.2, 0) is 4.79 Å². The maximum Gasteiger partial charge on any atom is 0.241 e. The van der Waals surface area contributed by atoms with Crippen molar-refractivity contribution in [3.05, 3.63) is 29.6 Å². The largest absolute Gasteiger partial charge is 0.324 e. The molecule has 0 saturated carbocycles. The Hall–Kier alpha value is -1.42. The Kier molecular flexibility index (Phi) is 3.80. The highest BCUT2D eigenvalue weighted by atomic mass is 19.1. The van der Waals surface area contributed by atoms with Crippen LogP contribution in [-0.4, -0.2) is 11.9 Å². The van der Waals surface area contributed by atoms with E-state index in [1.54, 1.807) is 6.92 Å². The van der Waals surface area contributed by atoms with Gasteiger partial charge in [0.2, 0.25) is 5.91 Å². The van der Waals surface area contributed by atoms with Crippen LogP contribution in [0.2, 0.25) is 0 Å². The fourth-order valence-corrected chi connectivity index (χ4v) is 1.18. The number of aryl methyl sites for hydroxylation is 1. The Balaban J connectivity index is 2.77. The third-order valence-corrected chi connectivity index (χ3v) is 2.22. The van der Waals surface area contributed by atoms with Gasteiger partial charge in [-0.2, -0.15) is 0 Å². The first-order chi connectivity index (χ1) is 7.04. The minimum absolute atomic E-state index is 0.243. The molecule has 3 N–H and O–H groups in total. The van der Waals surface area contributed by atoms with Crippen LogP contribution in [0.4, 0.5) is 10.1 Å². The fraction of sp³-hybridized carbons (Fsp3) is 0.364. The molecule has 1 amide bonds. The molecule has 0 aromatic heterocycles. The van der Waals surface area contributed by atoms with E-state index in [4.69, 9.17) is 5.73 Å². The first kappa shape index (κ1) is 11.7. The molecule has 1 atom stereocenters. The lowest BCUT2D eigenvalue weighted by atomic mass is 10.1. The van der Waals surface area contributed by atoms with Gasteiger partial charge in [-0.25, -0.2) is 4.39 Å². The highest BCUT2D eigenvalue weighted by Crippen LogP contribution is 2.15. The molecule has 0 saturated heterocycles. The summed E-state index contributed by atoms with van der Waals surface area (Å²) in [6.07, 6.45) is 0.575. The standard InChI is InChI=1S/C11H15FN2O/c1-3-9(13)11(15)14-10-5-4-8(12)6-7(10)2/h4-6,9H,3,13H2,1-2H3,(H,14,15)/t9-/m0/s1. The van der Waals surface area contributed by atoms with Crippen molar-refractivity contribution in [3.8, 4) is 0 Å². The molecule has 0 aliphatic heterocycles. The Morgan fingerprint density at radius 2 is 2.27 bits per heavy atom. The third-order valence-electron chi connectivity index (χ3n) is 2.22. The normalized spacial score (nSPS) is 12.3. The summed E-state index contributed by atoms with van der Waals surface area (Å²) in [7, 11) is 0. The van der Waals surface area contributed by atoms with Crippen molar-refractivity contribution in [2.45, 2.75) is 26.3 Å². The van der Waals surface area contributed by atoms with Crippen LogP contribution in [0, 0.1) is 12.7 Å². The second kappa shape index (κ2) is 4.89. The topological polar surface area (TPSA) is 55.1 Å². The van der Waals surface area contributed by atoms with Gasteiger partial charge >= 0.3 is 0 Å². The molecule has 1 rings (SSSR count). The van der Waals surface area contributed by atoms with Gasteiger partial charge in [0, 0.05) is 5.69 Å². The van der Waals surface area contributed by atoms with Crippen molar-refractivity contribution in [2.24, 2.45) is 5.73 Å². The minimum Gasteiger partial charge on any atom is -0.324 e. The van der Waals surface area contributed by atoms with E-state index in [0.717, 1.165) is 0 Å². The van der Waals surface area contributed by atoms with Crippen LogP contribution in [0.1, 0.15) is 18.9 Å². The van der Waals surface area contributed by atoms with Gasteiger partial charge in [0.05, 0.1) is 6.04 Å². The second-order valence-corrected chi connectivity index (χ2v) is 3.46. The van der Waals surface area contributed by atoms with E-state index < -0.39 is 6.04 Å². The molecule has 0 fully saturated rings. The maximum atomic E-state index is 12.8. The predicted molar refractivity (Wildman–Crippen MR) is 58.0 cm³/mol. The van der Waals surface area contributed by atoms with E-state index in [2.05, 4.69) is 5.32 Å². The number of hydrogen-bond donors (Lipinski definition) is 2. The number of carbonyl (C=O) groups excluding carboxylic acids is 1. The predicted octanol–water partition coefficient (Wildman–Crippen LogP) is 1.81. The van der Waals surface area contributed by atoms with Crippen LogP contribution in [0.15, 0.2) is 18.2 Å². The molecule has 15 heavy (non-hydrogen) atoms. The SMILES string of the molecule is CC[C@H](N)C(=O)Nc1ccc(F)cc1C. The van der Waals surface area contributed by atoms with Gasteiger partial charge < -0.3 is 11.1 Å². The van der Waals surface area contributed by atoms with Crippen molar-refractivity contribution < 1.29 is 9.18 Å². The molecule has 82 valence electrons. The lowest BCUT2D eigenvalue weighted by molar-refractivity contribution is -0.117. The lowest BCUT2D eigenvalue weighted by Gasteiger charge is -2.11. The smallest absolute Gasteiger partial charge is 0.241 e. The highest BCUT2D eigenvalue weighted by Gasteiger charge is 2.11. The minimum atomic E-state index is -0.519. The van der Waals surface area contributed by atoms with Crippen molar-refractivity contribution in [3.63, 3.8) is 0 Å². The summed E-state index contributed by atoms with van der Waals surface area (Å²) in [5.41, 5.74) is 6.85. The van der Waals surface area contributed by atoms with E-state index in [1.165, 1.54) is 18.2 Å². The summed E-state index contributed by atoms with van der Waals surface area (Å²) in [6, 6.07) is 3.69. The van der Waals surface area contributed by atoms with E-state index in [1.807, 2.05) is 6.92 Å². The van der Waals surface area contributed by atoms with Gasteiger partial charge in [-0.05, 0) is 37.1 Å².